The van der Waals surface area contributed by atoms with E-state index in [9.17, 15) is 19.5 Å². The van der Waals surface area contributed by atoms with Crippen LogP contribution in [0, 0.1) is 0 Å². The van der Waals surface area contributed by atoms with Gasteiger partial charge >= 0.3 is 5.97 Å². The molecule has 0 saturated carbocycles. The Labute approximate surface area is 230 Å². The second kappa shape index (κ2) is 12.6. The van der Waals surface area contributed by atoms with Crippen molar-refractivity contribution < 1.29 is 19.5 Å². The van der Waals surface area contributed by atoms with Crippen molar-refractivity contribution in [1.82, 2.24) is 25.4 Å². The standard InChI is InChI=1S/C26H30Cl2N6O4/c27-19-11-16-14-34(25(36)20(29)12-17-5-1-2-7-31-17)10-6-18(16)23(28)22(19)24(35)32-21(26(37)38)13-30-15-33-8-3-4-9-33/h1-2,5,7,11-12,21,30H,3-4,6,8-10,13-15,29H2,(H,32,35)(H,37,38)/t21-/m0/s1. The molecule has 0 spiro atoms. The smallest absolute Gasteiger partial charge is 0.327 e. The van der Waals surface area contributed by atoms with E-state index in [1.54, 1.807) is 35.4 Å². The van der Waals surface area contributed by atoms with E-state index in [1.165, 1.54) is 6.08 Å². The molecule has 4 rings (SSSR count). The summed E-state index contributed by atoms with van der Waals surface area (Å²) >= 11 is 13.1. The molecule has 0 aliphatic carbocycles. The predicted octanol–water partition coefficient (Wildman–Crippen LogP) is 2.10. The van der Waals surface area contributed by atoms with Crippen LogP contribution < -0.4 is 16.4 Å². The third-order valence-electron chi connectivity index (χ3n) is 6.64. The van der Waals surface area contributed by atoms with Gasteiger partial charge in [-0.2, -0.15) is 0 Å². The van der Waals surface area contributed by atoms with Gasteiger partial charge in [0.2, 0.25) is 0 Å². The molecule has 0 unspecified atom stereocenters. The highest BCUT2D eigenvalue weighted by Gasteiger charge is 2.29. The summed E-state index contributed by atoms with van der Waals surface area (Å²) in [6, 6.07) is 5.76. The van der Waals surface area contributed by atoms with E-state index >= 15 is 0 Å². The van der Waals surface area contributed by atoms with Gasteiger partial charge in [-0.25, -0.2) is 4.79 Å². The van der Waals surface area contributed by atoms with E-state index < -0.39 is 17.9 Å². The second-order valence-electron chi connectivity index (χ2n) is 9.32. The first kappa shape index (κ1) is 27.8. The number of nitrogens with one attached hydrogen (secondary N) is 2. The number of carboxylic acids is 1. The molecular weight excluding hydrogens is 531 g/mol. The van der Waals surface area contributed by atoms with E-state index in [0.717, 1.165) is 25.9 Å². The van der Waals surface area contributed by atoms with Crippen LogP contribution in [0.5, 0.6) is 0 Å². The van der Waals surface area contributed by atoms with Crippen LogP contribution in [0.3, 0.4) is 0 Å². The summed E-state index contributed by atoms with van der Waals surface area (Å²) in [5.41, 5.74) is 8.07. The molecule has 2 aromatic rings. The van der Waals surface area contributed by atoms with Gasteiger partial charge in [-0.15, -0.1) is 0 Å². The lowest BCUT2D eigenvalue weighted by Crippen LogP contribution is -2.49. The minimum Gasteiger partial charge on any atom is -0.480 e. The van der Waals surface area contributed by atoms with Crippen LogP contribution >= 0.6 is 23.2 Å². The molecule has 202 valence electrons. The summed E-state index contributed by atoms with van der Waals surface area (Å²) in [6.45, 7) is 3.09. The van der Waals surface area contributed by atoms with Gasteiger partial charge in [0, 0.05) is 32.5 Å². The molecule has 10 nitrogen and oxygen atoms in total. The molecule has 2 aliphatic heterocycles. The van der Waals surface area contributed by atoms with Crippen LogP contribution in [0.25, 0.3) is 6.08 Å². The minimum absolute atomic E-state index is 0.0206. The molecule has 1 fully saturated rings. The zero-order valence-electron chi connectivity index (χ0n) is 20.8. The largest absolute Gasteiger partial charge is 0.480 e. The van der Waals surface area contributed by atoms with Crippen molar-refractivity contribution in [3.05, 3.63) is 68.6 Å². The number of pyridine rings is 1. The molecule has 3 heterocycles. The van der Waals surface area contributed by atoms with Crippen molar-refractivity contribution in [2.75, 3.05) is 32.8 Å². The number of aromatic nitrogens is 1. The number of carbonyl (C=O) groups is 3. The Hall–Kier alpha value is -3.18. The number of hydrogen-bond acceptors (Lipinski definition) is 7. The molecule has 1 atom stereocenters. The quantitative estimate of drug-likeness (QED) is 0.342. The van der Waals surface area contributed by atoms with Crippen molar-refractivity contribution in [2.45, 2.75) is 31.8 Å². The van der Waals surface area contributed by atoms with E-state index in [-0.39, 0.29) is 40.3 Å². The number of rotatable bonds is 9. The topological polar surface area (TPSA) is 141 Å². The molecular formula is C26H30Cl2N6O4. The Morgan fingerprint density at radius 2 is 1.95 bits per heavy atom. The van der Waals surface area contributed by atoms with E-state index in [0.29, 0.717) is 36.5 Å². The third kappa shape index (κ3) is 6.63. The van der Waals surface area contributed by atoms with Crippen LogP contribution in [-0.4, -0.2) is 76.6 Å². The number of aliphatic carboxylic acids is 1. The van der Waals surface area contributed by atoms with E-state index in [4.69, 9.17) is 28.9 Å². The molecule has 1 aromatic carbocycles. The Balaban J connectivity index is 1.44. The number of fused-ring (bicyclic) bond motifs is 1. The first-order valence-electron chi connectivity index (χ1n) is 12.4. The van der Waals surface area contributed by atoms with Crippen molar-refractivity contribution in [1.29, 1.82) is 0 Å². The van der Waals surface area contributed by atoms with Gasteiger partial charge in [0.25, 0.3) is 11.8 Å². The van der Waals surface area contributed by atoms with Crippen LogP contribution in [0.15, 0.2) is 36.2 Å². The van der Waals surface area contributed by atoms with Crippen LogP contribution in [-0.2, 0) is 22.6 Å². The monoisotopic (exact) mass is 560 g/mol. The van der Waals surface area contributed by atoms with E-state index in [2.05, 4.69) is 20.5 Å². The van der Waals surface area contributed by atoms with Gasteiger partial charge in [-0.1, -0.05) is 29.3 Å². The fourth-order valence-electron chi connectivity index (χ4n) is 4.64. The minimum atomic E-state index is -1.16. The maximum Gasteiger partial charge on any atom is 0.327 e. The number of likely N-dealkylation sites (tertiary alicyclic amines) is 1. The number of hydrogen-bond donors (Lipinski definition) is 4. The van der Waals surface area contributed by atoms with Gasteiger partial charge in [0.05, 0.1) is 27.0 Å². The average Bonchev–Trinajstić information content (AvgIpc) is 3.41. The highest BCUT2D eigenvalue weighted by Crippen LogP contribution is 2.35. The highest BCUT2D eigenvalue weighted by atomic mass is 35.5. The number of halogens is 2. The van der Waals surface area contributed by atoms with Crippen molar-refractivity contribution in [2.24, 2.45) is 5.73 Å². The third-order valence-corrected chi connectivity index (χ3v) is 7.36. The van der Waals surface area contributed by atoms with Crippen LogP contribution in [0.4, 0.5) is 0 Å². The first-order chi connectivity index (χ1) is 18.2. The maximum atomic E-state index is 13.1. The van der Waals surface area contributed by atoms with E-state index in [1.807, 2.05) is 0 Å². The first-order valence-corrected chi connectivity index (χ1v) is 13.1. The van der Waals surface area contributed by atoms with Gasteiger partial charge in [-0.3, -0.25) is 19.5 Å². The average molecular weight is 561 g/mol. The summed E-state index contributed by atoms with van der Waals surface area (Å²) in [7, 11) is 0. The number of nitrogens with zero attached hydrogens (tertiary/aromatic N) is 3. The normalized spacial score (nSPS) is 16.7. The second-order valence-corrected chi connectivity index (χ2v) is 10.1. The number of carboxylic acid groups (broad SMARTS) is 1. The Morgan fingerprint density at radius 1 is 1.18 bits per heavy atom. The molecule has 2 amide bonds. The molecule has 1 aromatic heterocycles. The summed E-state index contributed by atoms with van der Waals surface area (Å²) in [4.78, 5) is 45.7. The lowest BCUT2D eigenvalue weighted by molar-refractivity contribution is -0.139. The lowest BCUT2D eigenvalue weighted by atomic mass is 9.96. The molecule has 38 heavy (non-hydrogen) atoms. The summed E-state index contributed by atoms with van der Waals surface area (Å²) in [5.74, 6) is -2.18. The van der Waals surface area contributed by atoms with Crippen molar-refractivity contribution in [3.63, 3.8) is 0 Å². The zero-order valence-corrected chi connectivity index (χ0v) is 22.3. The number of nitrogens with two attached hydrogens (primary N) is 1. The van der Waals surface area contributed by atoms with Crippen LogP contribution in [0.2, 0.25) is 10.0 Å². The molecule has 1 saturated heterocycles. The van der Waals surface area contributed by atoms with Gasteiger partial charge < -0.3 is 26.4 Å². The zero-order chi connectivity index (χ0) is 27.2. The van der Waals surface area contributed by atoms with Gasteiger partial charge in [0.1, 0.15) is 6.04 Å². The molecule has 2 aliphatic rings. The highest BCUT2D eigenvalue weighted by molar-refractivity contribution is 6.40. The number of benzene rings is 1. The van der Waals surface area contributed by atoms with Crippen molar-refractivity contribution >= 4 is 47.1 Å². The number of amides is 2. The molecule has 12 heteroatoms. The van der Waals surface area contributed by atoms with Gasteiger partial charge in [-0.05, 0) is 67.8 Å². The summed E-state index contributed by atoms with van der Waals surface area (Å²) in [6.07, 6.45) is 5.76. The van der Waals surface area contributed by atoms with Crippen LogP contribution in [0.1, 0.15) is 40.0 Å². The lowest BCUT2D eigenvalue weighted by Gasteiger charge is -2.30. The number of carbonyl (C=O) groups excluding carboxylic acids is 2. The fourth-order valence-corrected chi connectivity index (χ4v) is 5.40. The SMILES string of the molecule is NC(=Cc1ccccn1)C(=O)N1CCc2c(cc(Cl)c(C(=O)N[C@@H](CNCN3CCCC3)C(=O)O)c2Cl)C1. The Kier molecular flexibility index (Phi) is 9.22. The Bertz CT molecular complexity index is 1230. The maximum absolute atomic E-state index is 13.1. The van der Waals surface area contributed by atoms with Crippen molar-refractivity contribution in [3.8, 4) is 0 Å². The summed E-state index contributed by atoms with van der Waals surface area (Å²) in [5, 5.41) is 15.5. The van der Waals surface area contributed by atoms with Gasteiger partial charge in [0.15, 0.2) is 0 Å². The Morgan fingerprint density at radius 3 is 2.63 bits per heavy atom. The summed E-state index contributed by atoms with van der Waals surface area (Å²) < 4.78 is 0. The fraction of sp³-hybridized carbons (Fsp3) is 0.385. The predicted molar refractivity (Wildman–Crippen MR) is 145 cm³/mol. The molecule has 5 N–H and O–H groups in total. The molecule has 0 bridgehead atoms. The molecule has 0 radical (unpaired) electrons.